The first-order valence-corrected chi connectivity index (χ1v) is 8.77. The highest BCUT2D eigenvalue weighted by atomic mass is 15.2. The maximum atomic E-state index is 6.15. The minimum Gasteiger partial charge on any atom is -0.329 e. The molecule has 0 aromatic carbocycles. The smallest absolute Gasteiger partial charge is 0.0246 e. The Balaban J connectivity index is 1.91. The van der Waals surface area contributed by atoms with Crippen LogP contribution >= 0.6 is 0 Å². The minimum atomic E-state index is 0.486. The monoisotopic (exact) mass is 280 g/mol. The summed E-state index contributed by atoms with van der Waals surface area (Å²) in [6.07, 6.45) is 5.60. The van der Waals surface area contributed by atoms with Gasteiger partial charge >= 0.3 is 0 Å². The van der Waals surface area contributed by atoms with Crippen LogP contribution in [0.15, 0.2) is 0 Å². The third-order valence-electron chi connectivity index (χ3n) is 6.27. The molecular formula is C18H36N2. The van der Waals surface area contributed by atoms with E-state index in [1.807, 2.05) is 0 Å². The van der Waals surface area contributed by atoms with Gasteiger partial charge in [-0.3, -0.25) is 4.90 Å². The summed E-state index contributed by atoms with van der Waals surface area (Å²) < 4.78 is 0. The van der Waals surface area contributed by atoms with Gasteiger partial charge in [-0.2, -0.15) is 0 Å². The second-order valence-electron chi connectivity index (χ2n) is 8.69. The Hall–Kier alpha value is -0.0800. The minimum absolute atomic E-state index is 0.486. The summed E-state index contributed by atoms with van der Waals surface area (Å²) in [5.74, 6) is 3.44. The Bertz CT molecular complexity index is 289. The van der Waals surface area contributed by atoms with Gasteiger partial charge < -0.3 is 5.73 Å². The van der Waals surface area contributed by atoms with Crippen molar-refractivity contribution in [1.82, 2.24) is 4.90 Å². The molecule has 2 aliphatic rings. The van der Waals surface area contributed by atoms with E-state index in [1.54, 1.807) is 0 Å². The number of hydrogen-bond acceptors (Lipinski definition) is 2. The van der Waals surface area contributed by atoms with E-state index >= 15 is 0 Å². The fourth-order valence-corrected chi connectivity index (χ4v) is 4.45. The predicted octanol–water partition coefficient (Wildman–Crippen LogP) is 3.75. The molecule has 1 aliphatic carbocycles. The first-order valence-electron chi connectivity index (χ1n) is 8.77. The lowest BCUT2D eigenvalue weighted by molar-refractivity contribution is 0.0916. The molecule has 1 saturated carbocycles. The molecule has 2 nitrogen and oxygen atoms in total. The van der Waals surface area contributed by atoms with Crippen LogP contribution in [0.1, 0.15) is 60.3 Å². The number of rotatable bonds is 3. The number of nitrogens with two attached hydrogens (primary N) is 1. The molecular weight excluding hydrogens is 244 g/mol. The molecule has 118 valence electrons. The molecule has 1 heterocycles. The first-order chi connectivity index (χ1) is 9.32. The van der Waals surface area contributed by atoms with E-state index in [-0.39, 0.29) is 0 Å². The molecule has 0 amide bonds. The third kappa shape index (κ3) is 3.57. The van der Waals surface area contributed by atoms with E-state index in [0.717, 1.165) is 30.2 Å². The maximum Gasteiger partial charge on any atom is 0.0246 e. The average molecular weight is 280 g/mol. The Labute approximate surface area is 126 Å². The average Bonchev–Trinajstić information content (AvgIpc) is 2.70. The molecule has 2 fully saturated rings. The van der Waals surface area contributed by atoms with Crippen molar-refractivity contribution in [3.63, 3.8) is 0 Å². The zero-order valence-electron chi connectivity index (χ0n) is 14.4. The van der Waals surface area contributed by atoms with Crippen molar-refractivity contribution in [2.24, 2.45) is 34.8 Å². The summed E-state index contributed by atoms with van der Waals surface area (Å²) in [6.45, 7) is 15.4. The Kier molecular flexibility index (Phi) is 5.18. The molecule has 20 heavy (non-hydrogen) atoms. The van der Waals surface area contributed by atoms with Crippen molar-refractivity contribution in [1.29, 1.82) is 0 Å². The van der Waals surface area contributed by atoms with Gasteiger partial charge in [-0.25, -0.2) is 0 Å². The number of likely N-dealkylation sites (tertiary alicyclic amines) is 1. The second kappa shape index (κ2) is 6.36. The van der Waals surface area contributed by atoms with Gasteiger partial charge in [0.2, 0.25) is 0 Å². The van der Waals surface area contributed by atoms with Crippen LogP contribution in [0.2, 0.25) is 0 Å². The van der Waals surface area contributed by atoms with Gasteiger partial charge in [0.25, 0.3) is 0 Å². The fourth-order valence-electron chi connectivity index (χ4n) is 4.45. The van der Waals surface area contributed by atoms with Gasteiger partial charge in [0, 0.05) is 25.7 Å². The van der Waals surface area contributed by atoms with Crippen LogP contribution in [0.3, 0.4) is 0 Å². The molecule has 1 aliphatic heterocycles. The van der Waals surface area contributed by atoms with Gasteiger partial charge in [-0.1, -0.05) is 34.6 Å². The highest BCUT2D eigenvalue weighted by Crippen LogP contribution is 2.42. The van der Waals surface area contributed by atoms with Crippen LogP contribution in [0, 0.1) is 29.1 Å². The molecule has 3 atom stereocenters. The van der Waals surface area contributed by atoms with Crippen LogP contribution in [0.5, 0.6) is 0 Å². The summed E-state index contributed by atoms with van der Waals surface area (Å²) in [5.41, 5.74) is 6.64. The lowest BCUT2D eigenvalue weighted by Gasteiger charge is -2.41. The van der Waals surface area contributed by atoms with Gasteiger partial charge in [0.15, 0.2) is 0 Å². The van der Waals surface area contributed by atoms with Crippen LogP contribution < -0.4 is 5.73 Å². The molecule has 2 heteroatoms. The molecule has 2 N–H and O–H groups in total. The summed E-state index contributed by atoms with van der Waals surface area (Å²) >= 11 is 0. The van der Waals surface area contributed by atoms with Crippen LogP contribution in [0.4, 0.5) is 0 Å². The normalized spacial score (nSPS) is 38.1. The molecule has 0 bridgehead atoms. The maximum absolute atomic E-state index is 6.15. The van der Waals surface area contributed by atoms with Crippen LogP contribution in [-0.2, 0) is 0 Å². The van der Waals surface area contributed by atoms with Crippen molar-refractivity contribution in [2.75, 3.05) is 19.6 Å². The number of hydrogen-bond donors (Lipinski definition) is 1. The van der Waals surface area contributed by atoms with Crippen molar-refractivity contribution in [2.45, 2.75) is 66.3 Å². The molecule has 3 unspecified atom stereocenters. The van der Waals surface area contributed by atoms with Gasteiger partial charge in [-0.05, 0) is 54.8 Å². The molecule has 0 aromatic rings. The zero-order valence-corrected chi connectivity index (χ0v) is 14.4. The molecule has 0 spiro atoms. The van der Waals surface area contributed by atoms with Gasteiger partial charge in [0.1, 0.15) is 0 Å². The summed E-state index contributed by atoms with van der Waals surface area (Å²) in [6, 6.07) is 0.642. The van der Waals surface area contributed by atoms with Gasteiger partial charge in [0.05, 0.1) is 0 Å². The van der Waals surface area contributed by atoms with E-state index in [9.17, 15) is 0 Å². The molecule has 1 saturated heterocycles. The lowest BCUT2D eigenvalue weighted by Crippen LogP contribution is -2.46. The highest BCUT2D eigenvalue weighted by Gasteiger charge is 2.37. The van der Waals surface area contributed by atoms with E-state index < -0.39 is 0 Å². The number of nitrogens with zero attached hydrogens (tertiary/aromatic N) is 1. The van der Waals surface area contributed by atoms with E-state index in [0.29, 0.717) is 11.5 Å². The van der Waals surface area contributed by atoms with E-state index in [1.165, 1.54) is 38.8 Å². The highest BCUT2D eigenvalue weighted by molar-refractivity contribution is 4.91. The van der Waals surface area contributed by atoms with Gasteiger partial charge in [-0.15, -0.1) is 0 Å². The van der Waals surface area contributed by atoms with Crippen LogP contribution in [0.25, 0.3) is 0 Å². The Morgan fingerprint density at radius 3 is 1.90 bits per heavy atom. The van der Waals surface area contributed by atoms with E-state index in [2.05, 4.69) is 39.5 Å². The molecule has 0 aromatic heterocycles. The van der Waals surface area contributed by atoms with Crippen LogP contribution in [-0.4, -0.2) is 30.6 Å². The quantitative estimate of drug-likeness (QED) is 0.853. The largest absolute Gasteiger partial charge is 0.329 e. The fraction of sp³-hybridized carbons (Fsp3) is 1.00. The SMILES string of the molecule is CC1CN(C(CN)C2CCC(C(C)(C)C)CC2)CC1C. The Morgan fingerprint density at radius 2 is 1.50 bits per heavy atom. The van der Waals surface area contributed by atoms with E-state index in [4.69, 9.17) is 5.73 Å². The summed E-state index contributed by atoms with van der Waals surface area (Å²) in [4.78, 5) is 2.71. The molecule has 2 rings (SSSR count). The van der Waals surface area contributed by atoms with Crippen molar-refractivity contribution >= 4 is 0 Å². The zero-order chi connectivity index (χ0) is 14.9. The first kappa shape index (κ1) is 16.3. The second-order valence-corrected chi connectivity index (χ2v) is 8.69. The molecule has 0 radical (unpaired) electrons. The topological polar surface area (TPSA) is 29.3 Å². The lowest BCUT2D eigenvalue weighted by atomic mass is 9.68. The predicted molar refractivity (Wildman–Crippen MR) is 87.6 cm³/mol. The third-order valence-corrected chi connectivity index (χ3v) is 6.27. The van der Waals surface area contributed by atoms with Crippen molar-refractivity contribution < 1.29 is 0 Å². The van der Waals surface area contributed by atoms with Crippen molar-refractivity contribution in [3.8, 4) is 0 Å². The summed E-state index contributed by atoms with van der Waals surface area (Å²) in [5, 5.41) is 0. The Morgan fingerprint density at radius 1 is 1.00 bits per heavy atom. The van der Waals surface area contributed by atoms with Crippen molar-refractivity contribution in [3.05, 3.63) is 0 Å². The standard InChI is InChI=1S/C18H36N2/c1-13-11-20(12-14(13)2)17(10-19)15-6-8-16(9-7-15)18(3,4)5/h13-17H,6-12,19H2,1-5H3. The summed E-state index contributed by atoms with van der Waals surface area (Å²) in [7, 11) is 0.